The van der Waals surface area contributed by atoms with Gasteiger partial charge in [-0.2, -0.15) is 0 Å². The molecule has 2 aromatic rings. The predicted octanol–water partition coefficient (Wildman–Crippen LogP) is 3.38. The molecule has 0 unspecified atom stereocenters. The summed E-state index contributed by atoms with van der Waals surface area (Å²) in [6, 6.07) is 9.47. The average molecular weight is 426 g/mol. The summed E-state index contributed by atoms with van der Waals surface area (Å²) in [5, 5.41) is 17.0. The Kier molecular flexibility index (Phi) is 7.19. The third-order valence-electron chi connectivity index (χ3n) is 5.20. The molecule has 31 heavy (non-hydrogen) atoms. The first-order valence-electron chi connectivity index (χ1n) is 10.3. The van der Waals surface area contributed by atoms with E-state index in [0.717, 1.165) is 5.56 Å². The van der Waals surface area contributed by atoms with Gasteiger partial charge in [0.05, 0.1) is 10.5 Å². The molecule has 164 valence electrons. The number of nitrogens with one attached hydrogen (secondary N) is 2. The maximum Gasteiger partial charge on any atom is 0.415 e. The number of aryl methyl sites for hydroxylation is 2. The molecule has 0 saturated carbocycles. The Bertz CT molecular complexity index is 986. The molecule has 0 radical (unpaired) electrons. The molecule has 1 saturated heterocycles. The third-order valence-corrected chi connectivity index (χ3v) is 5.20. The fourth-order valence-electron chi connectivity index (χ4n) is 3.37. The van der Waals surface area contributed by atoms with Crippen molar-refractivity contribution in [2.75, 3.05) is 31.5 Å². The van der Waals surface area contributed by atoms with Crippen molar-refractivity contribution >= 4 is 23.4 Å². The number of ether oxygens (including phenoxy) is 1. The molecule has 0 atom stereocenters. The van der Waals surface area contributed by atoms with Gasteiger partial charge in [-0.1, -0.05) is 19.9 Å². The summed E-state index contributed by atoms with van der Waals surface area (Å²) >= 11 is 0. The zero-order valence-electron chi connectivity index (χ0n) is 17.6. The number of rotatable bonds is 6. The van der Waals surface area contributed by atoms with Gasteiger partial charge in [-0.15, -0.1) is 0 Å². The Balaban J connectivity index is 1.85. The number of nitro benzene ring substituents is 1. The SMILES string of the molecule is CCc1ccc(OC(=O)N2CCNCC2)c(C(=O)Nc2ccc([N+](=O)[O-])cc2CC)c1. The van der Waals surface area contributed by atoms with Gasteiger partial charge in [-0.3, -0.25) is 14.9 Å². The number of nitro groups is 1. The maximum atomic E-state index is 13.1. The molecule has 2 aromatic carbocycles. The zero-order chi connectivity index (χ0) is 22.4. The van der Waals surface area contributed by atoms with Crippen LogP contribution in [0.4, 0.5) is 16.2 Å². The summed E-state index contributed by atoms with van der Waals surface area (Å²) in [6.45, 7) is 6.28. The summed E-state index contributed by atoms with van der Waals surface area (Å²) in [7, 11) is 0. The minimum absolute atomic E-state index is 0.0338. The molecule has 0 aromatic heterocycles. The van der Waals surface area contributed by atoms with Crippen molar-refractivity contribution in [1.82, 2.24) is 10.2 Å². The van der Waals surface area contributed by atoms with Gasteiger partial charge in [-0.25, -0.2) is 4.79 Å². The van der Waals surface area contributed by atoms with Crippen LogP contribution in [-0.4, -0.2) is 48.0 Å². The molecule has 1 heterocycles. The number of hydrogen-bond acceptors (Lipinski definition) is 6. The van der Waals surface area contributed by atoms with Gasteiger partial charge in [0.25, 0.3) is 11.6 Å². The summed E-state index contributed by atoms with van der Waals surface area (Å²) < 4.78 is 5.56. The van der Waals surface area contributed by atoms with Gasteiger partial charge in [0.2, 0.25) is 0 Å². The van der Waals surface area contributed by atoms with E-state index in [9.17, 15) is 19.7 Å². The number of benzene rings is 2. The number of amides is 2. The molecule has 9 heteroatoms. The minimum Gasteiger partial charge on any atom is -0.409 e. The molecule has 3 rings (SSSR count). The molecule has 2 N–H and O–H groups in total. The number of carbonyl (C=O) groups is 2. The number of hydrogen-bond donors (Lipinski definition) is 2. The van der Waals surface area contributed by atoms with E-state index in [4.69, 9.17) is 4.74 Å². The minimum atomic E-state index is -0.496. The van der Waals surface area contributed by atoms with E-state index in [1.807, 2.05) is 19.9 Å². The first-order chi connectivity index (χ1) is 14.9. The van der Waals surface area contributed by atoms with Crippen molar-refractivity contribution in [3.8, 4) is 5.75 Å². The lowest BCUT2D eigenvalue weighted by Gasteiger charge is -2.26. The molecule has 0 bridgehead atoms. The van der Waals surface area contributed by atoms with E-state index in [-0.39, 0.29) is 17.0 Å². The topological polar surface area (TPSA) is 114 Å². The van der Waals surface area contributed by atoms with Crippen LogP contribution in [0.1, 0.15) is 35.3 Å². The van der Waals surface area contributed by atoms with Gasteiger partial charge >= 0.3 is 6.09 Å². The molecule has 1 fully saturated rings. The van der Waals surface area contributed by atoms with E-state index in [0.29, 0.717) is 50.3 Å². The van der Waals surface area contributed by atoms with Gasteiger partial charge in [0.1, 0.15) is 5.75 Å². The first kappa shape index (κ1) is 22.2. The lowest BCUT2D eigenvalue weighted by atomic mass is 10.1. The van der Waals surface area contributed by atoms with Gasteiger partial charge in [0.15, 0.2) is 0 Å². The van der Waals surface area contributed by atoms with Crippen LogP contribution in [0.2, 0.25) is 0 Å². The van der Waals surface area contributed by atoms with Crippen molar-refractivity contribution in [1.29, 1.82) is 0 Å². The monoisotopic (exact) mass is 426 g/mol. The Morgan fingerprint density at radius 1 is 1.13 bits per heavy atom. The summed E-state index contributed by atoms with van der Waals surface area (Å²) in [5.74, 6) is -0.264. The number of carbonyl (C=O) groups excluding carboxylic acids is 2. The highest BCUT2D eigenvalue weighted by molar-refractivity contribution is 6.07. The molecule has 9 nitrogen and oxygen atoms in total. The Morgan fingerprint density at radius 2 is 1.87 bits per heavy atom. The van der Waals surface area contributed by atoms with E-state index < -0.39 is 16.9 Å². The van der Waals surface area contributed by atoms with Crippen LogP contribution < -0.4 is 15.4 Å². The van der Waals surface area contributed by atoms with Crippen LogP contribution in [0.25, 0.3) is 0 Å². The van der Waals surface area contributed by atoms with Crippen LogP contribution in [-0.2, 0) is 12.8 Å². The van der Waals surface area contributed by atoms with Crippen molar-refractivity contribution in [3.63, 3.8) is 0 Å². The van der Waals surface area contributed by atoms with Crippen LogP contribution in [0.3, 0.4) is 0 Å². The molecular formula is C22H26N4O5. The number of anilines is 1. The molecule has 1 aliphatic heterocycles. The quantitative estimate of drug-likeness (QED) is 0.541. The van der Waals surface area contributed by atoms with Gasteiger partial charge in [-0.05, 0) is 42.2 Å². The Hall–Kier alpha value is -3.46. The van der Waals surface area contributed by atoms with Crippen LogP contribution in [0.5, 0.6) is 5.75 Å². The number of piperazine rings is 1. The molecule has 0 spiro atoms. The standard InChI is InChI=1S/C22H26N4O5/c1-3-15-5-8-20(31-22(28)25-11-9-23-10-12-25)18(13-15)21(27)24-19-7-6-17(26(29)30)14-16(19)4-2/h5-8,13-14,23H,3-4,9-12H2,1-2H3,(H,24,27). The fraction of sp³-hybridized carbons (Fsp3) is 0.364. The van der Waals surface area contributed by atoms with E-state index in [1.165, 1.54) is 18.2 Å². The van der Waals surface area contributed by atoms with Gasteiger partial charge < -0.3 is 20.3 Å². The van der Waals surface area contributed by atoms with E-state index in [1.54, 1.807) is 17.0 Å². The van der Waals surface area contributed by atoms with Crippen LogP contribution in [0, 0.1) is 10.1 Å². The normalized spacial score (nSPS) is 13.5. The van der Waals surface area contributed by atoms with E-state index >= 15 is 0 Å². The lowest BCUT2D eigenvalue weighted by molar-refractivity contribution is -0.384. The third kappa shape index (κ3) is 5.37. The second kappa shape index (κ2) is 10.0. The first-order valence-corrected chi connectivity index (χ1v) is 10.3. The fourth-order valence-corrected chi connectivity index (χ4v) is 3.37. The van der Waals surface area contributed by atoms with Gasteiger partial charge in [0, 0.05) is 44.0 Å². The summed E-state index contributed by atoms with van der Waals surface area (Å²) in [6.07, 6.45) is 0.727. The summed E-state index contributed by atoms with van der Waals surface area (Å²) in [4.78, 5) is 37.8. The second-order valence-electron chi connectivity index (χ2n) is 7.20. The van der Waals surface area contributed by atoms with Crippen LogP contribution in [0.15, 0.2) is 36.4 Å². The lowest BCUT2D eigenvalue weighted by Crippen LogP contribution is -2.47. The van der Waals surface area contributed by atoms with Crippen molar-refractivity contribution in [3.05, 3.63) is 63.2 Å². The Morgan fingerprint density at radius 3 is 2.52 bits per heavy atom. The number of non-ortho nitro benzene ring substituents is 1. The Labute approximate surface area is 180 Å². The number of nitrogens with zero attached hydrogens (tertiary/aromatic N) is 2. The zero-order valence-corrected chi connectivity index (χ0v) is 17.6. The smallest absolute Gasteiger partial charge is 0.409 e. The van der Waals surface area contributed by atoms with Crippen LogP contribution >= 0.6 is 0 Å². The molecule has 0 aliphatic carbocycles. The molecule has 1 aliphatic rings. The van der Waals surface area contributed by atoms with Crippen molar-refractivity contribution in [2.45, 2.75) is 26.7 Å². The van der Waals surface area contributed by atoms with E-state index in [2.05, 4.69) is 10.6 Å². The maximum absolute atomic E-state index is 13.1. The highest BCUT2D eigenvalue weighted by Crippen LogP contribution is 2.26. The van der Waals surface area contributed by atoms with Crippen molar-refractivity contribution in [2.24, 2.45) is 0 Å². The average Bonchev–Trinajstić information content (AvgIpc) is 2.79. The second-order valence-corrected chi connectivity index (χ2v) is 7.20. The highest BCUT2D eigenvalue weighted by Gasteiger charge is 2.22. The predicted molar refractivity (Wildman–Crippen MR) is 117 cm³/mol. The molecular weight excluding hydrogens is 400 g/mol. The summed E-state index contributed by atoms with van der Waals surface area (Å²) in [5.41, 5.74) is 2.26. The largest absolute Gasteiger partial charge is 0.415 e. The highest BCUT2D eigenvalue weighted by atomic mass is 16.6. The molecule has 2 amide bonds. The van der Waals surface area contributed by atoms with Crippen molar-refractivity contribution < 1.29 is 19.2 Å².